The summed E-state index contributed by atoms with van der Waals surface area (Å²) in [6.45, 7) is 1.99. The average Bonchev–Trinajstić information content (AvgIpc) is 2.44. The molecule has 1 aromatic rings. The molecule has 1 aromatic heterocycles. The van der Waals surface area contributed by atoms with Gasteiger partial charge in [-0.1, -0.05) is 13.3 Å². The van der Waals surface area contributed by atoms with E-state index in [1.807, 2.05) is 11.9 Å². The Hall–Kier alpha value is -2.03. The number of pyridine rings is 1. The molecule has 0 spiro atoms. The molecule has 0 bridgehead atoms. The summed E-state index contributed by atoms with van der Waals surface area (Å²) in [4.78, 5) is 26.7. The number of aliphatic hydroxyl groups excluding tert-OH is 1. The van der Waals surface area contributed by atoms with E-state index in [1.165, 1.54) is 4.90 Å². The van der Waals surface area contributed by atoms with Crippen LogP contribution < -0.4 is 10.9 Å². The van der Waals surface area contributed by atoms with Crippen LogP contribution in [0.1, 0.15) is 25.3 Å². The number of hydrogen-bond acceptors (Lipinski definition) is 3. The van der Waals surface area contributed by atoms with E-state index in [0.29, 0.717) is 25.2 Å². The summed E-state index contributed by atoms with van der Waals surface area (Å²) in [6, 6.07) is -0.152. The minimum Gasteiger partial charge on any atom is -0.395 e. The number of aliphatic hydroxyl groups is 1. The first kappa shape index (κ1) is 18.0. The smallest absolute Gasteiger partial charge is 0.395 e. The van der Waals surface area contributed by atoms with Crippen LogP contribution in [0.3, 0.4) is 0 Å². The minimum atomic E-state index is -4.63. The second-order valence-electron chi connectivity index (χ2n) is 4.62. The molecular weight excluding hydrogens is 303 g/mol. The molecule has 1 heterocycles. The Morgan fingerprint density at radius 3 is 2.64 bits per heavy atom. The highest BCUT2D eigenvalue weighted by atomic mass is 19.4. The fraction of sp³-hybridized carbons (Fsp3) is 0.538. The molecule has 2 amide bonds. The van der Waals surface area contributed by atoms with Crippen LogP contribution in [0, 0.1) is 0 Å². The number of urea groups is 1. The molecule has 124 valence electrons. The zero-order valence-corrected chi connectivity index (χ0v) is 12.0. The number of rotatable bonds is 6. The van der Waals surface area contributed by atoms with Crippen LogP contribution in [-0.4, -0.2) is 40.7 Å². The molecule has 0 saturated heterocycles. The first-order valence-corrected chi connectivity index (χ1v) is 6.76. The number of halogens is 3. The van der Waals surface area contributed by atoms with Crippen molar-refractivity contribution in [3.05, 3.63) is 28.2 Å². The van der Waals surface area contributed by atoms with E-state index in [1.54, 1.807) is 0 Å². The predicted molar refractivity (Wildman–Crippen MR) is 74.7 cm³/mol. The highest BCUT2D eigenvalue weighted by molar-refractivity contribution is 5.89. The van der Waals surface area contributed by atoms with E-state index < -0.39 is 29.0 Å². The molecule has 0 aromatic carbocycles. The van der Waals surface area contributed by atoms with Crippen molar-refractivity contribution in [2.45, 2.75) is 25.9 Å². The van der Waals surface area contributed by atoms with Crippen molar-refractivity contribution in [2.24, 2.45) is 0 Å². The van der Waals surface area contributed by atoms with Gasteiger partial charge in [0.2, 0.25) is 0 Å². The Bertz CT molecular complexity index is 557. The Labute approximate surface area is 124 Å². The number of unbranched alkanes of at least 4 members (excludes halogenated alkanes) is 1. The summed E-state index contributed by atoms with van der Waals surface area (Å²) in [6.07, 6.45) is -2.61. The number of H-pyrrole nitrogens is 1. The molecule has 6 nitrogen and oxygen atoms in total. The maximum atomic E-state index is 12.6. The maximum absolute atomic E-state index is 12.6. The van der Waals surface area contributed by atoms with Gasteiger partial charge < -0.3 is 20.3 Å². The van der Waals surface area contributed by atoms with Gasteiger partial charge in [-0.15, -0.1) is 0 Å². The molecule has 9 heteroatoms. The third-order valence-electron chi connectivity index (χ3n) is 2.91. The third-order valence-corrected chi connectivity index (χ3v) is 2.91. The van der Waals surface area contributed by atoms with Gasteiger partial charge in [-0.25, -0.2) is 4.79 Å². The highest BCUT2D eigenvalue weighted by Gasteiger charge is 2.31. The summed E-state index contributed by atoms with van der Waals surface area (Å²) < 4.78 is 37.8. The number of anilines is 1. The van der Waals surface area contributed by atoms with Crippen molar-refractivity contribution in [3.63, 3.8) is 0 Å². The Balaban J connectivity index is 2.92. The first-order chi connectivity index (χ1) is 10.3. The van der Waals surface area contributed by atoms with Crippen molar-refractivity contribution >= 4 is 11.7 Å². The average molecular weight is 321 g/mol. The molecule has 0 radical (unpaired) electrons. The van der Waals surface area contributed by atoms with Crippen LogP contribution >= 0.6 is 0 Å². The van der Waals surface area contributed by atoms with Gasteiger partial charge in [-0.3, -0.25) is 4.79 Å². The fourth-order valence-electron chi connectivity index (χ4n) is 1.72. The van der Waals surface area contributed by atoms with Gasteiger partial charge in [0, 0.05) is 19.3 Å². The van der Waals surface area contributed by atoms with Crippen LogP contribution in [0.15, 0.2) is 17.1 Å². The summed E-state index contributed by atoms with van der Waals surface area (Å²) in [5.74, 6) is 0. The largest absolute Gasteiger partial charge is 0.417 e. The number of alkyl halides is 3. The number of hydrogen-bond donors (Lipinski definition) is 3. The van der Waals surface area contributed by atoms with Crippen LogP contribution in [0.4, 0.5) is 23.7 Å². The normalized spacial score (nSPS) is 11.3. The van der Waals surface area contributed by atoms with E-state index in [9.17, 15) is 22.8 Å². The van der Waals surface area contributed by atoms with E-state index >= 15 is 0 Å². The Morgan fingerprint density at radius 1 is 1.41 bits per heavy atom. The van der Waals surface area contributed by atoms with Gasteiger partial charge in [0.1, 0.15) is 5.69 Å². The minimum absolute atomic E-state index is 0.0305. The SMILES string of the molecule is CCCCN(CCO)C(=O)Nc1cc(C(F)(F)F)c[nH]c1=O. The zero-order valence-electron chi connectivity index (χ0n) is 12.0. The van der Waals surface area contributed by atoms with E-state index in [2.05, 4.69) is 5.32 Å². The van der Waals surface area contributed by atoms with Gasteiger partial charge in [-0.05, 0) is 12.5 Å². The number of nitrogens with one attached hydrogen (secondary N) is 2. The highest BCUT2D eigenvalue weighted by Crippen LogP contribution is 2.29. The van der Waals surface area contributed by atoms with Crippen LogP contribution in [0.25, 0.3) is 0 Å². The maximum Gasteiger partial charge on any atom is 0.417 e. The van der Waals surface area contributed by atoms with Gasteiger partial charge in [0.25, 0.3) is 5.56 Å². The fourth-order valence-corrected chi connectivity index (χ4v) is 1.72. The third kappa shape index (κ3) is 5.06. The first-order valence-electron chi connectivity index (χ1n) is 6.76. The Morgan fingerprint density at radius 2 is 2.09 bits per heavy atom. The molecule has 0 aliphatic heterocycles. The van der Waals surface area contributed by atoms with Crippen LogP contribution in [-0.2, 0) is 6.18 Å². The molecule has 0 atom stereocenters. The van der Waals surface area contributed by atoms with Crippen LogP contribution in [0.2, 0.25) is 0 Å². The Kier molecular flexibility index (Phi) is 6.41. The lowest BCUT2D eigenvalue weighted by Crippen LogP contribution is -2.39. The van der Waals surface area contributed by atoms with Gasteiger partial charge in [-0.2, -0.15) is 13.2 Å². The van der Waals surface area contributed by atoms with Crippen molar-refractivity contribution in [1.82, 2.24) is 9.88 Å². The van der Waals surface area contributed by atoms with Crippen molar-refractivity contribution in [1.29, 1.82) is 0 Å². The molecule has 0 aliphatic carbocycles. The molecule has 0 saturated carbocycles. The summed E-state index contributed by atoms with van der Waals surface area (Å²) in [5.41, 5.74) is -2.38. The van der Waals surface area contributed by atoms with Crippen molar-refractivity contribution in [2.75, 3.05) is 25.0 Å². The quantitative estimate of drug-likeness (QED) is 0.749. The number of amides is 2. The van der Waals surface area contributed by atoms with E-state index in [4.69, 9.17) is 5.11 Å². The number of carbonyl (C=O) groups is 1. The number of nitrogens with zero attached hydrogens (tertiary/aromatic N) is 1. The molecule has 3 N–H and O–H groups in total. The number of aromatic amines is 1. The van der Waals surface area contributed by atoms with Gasteiger partial charge in [0.15, 0.2) is 0 Å². The molecule has 0 fully saturated rings. The predicted octanol–water partition coefficient (Wildman–Crippen LogP) is 2.02. The topological polar surface area (TPSA) is 85.4 Å². The second-order valence-corrected chi connectivity index (χ2v) is 4.62. The van der Waals surface area contributed by atoms with Crippen molar-refractivity contribution in [3.8, 4) is 0 Å². The summed E-state index contributed by atoms with van der Waals surface area (Å²) in [7, 11) is 0. The van der Waals surface area contributed by atoms with Gasteiger partial charge in [0.05, 0.1) is 12.2 Å². The monoisotopic (exact) mass is 321 g/mol. The van der Waals surface area contributed by atoms with Crippen molar-refractivity contribution < 1.29 is 23.1 Å². The zero-order chi connectivity index (χ0) is 16.8. The molecule has 22 heavy (non-hydrogen) atoms. The summed E-state index contributed by atoms with van der Waals surface area (Å²) >= 11 is 0. The second kappa shape index (κ2) is 7.83. The lowest BCUT2D eigenvalue weighted by molar-refractivity contribution is -0.137. The van der Waals surface area contributed by atoms with E-state index in [0.717, 1.165) is 6.42 Å². The molecule has 0 unspecified atom stereocenters. The molecule has 0 aliphatic rings. The summed E-state index contributed by atoms with van der Waals surface area (Å²) in [5, 5.41) is 11.1. The lowest BCUT2D eigenvalue weighted by atomic mass is 10.2. The standard InChI is InChI=1S/C13H18F3N3O3/c1-2-3-4-19(5-6-20)12(22)18-10-7-9(13(14,15)16)8-17-11(10)21/h7-8,20H,2-6H2,1H3,(H,17,21)(H,18,22). The molecule has 1 rings (SSSR count). The van der Waals surface area contributed by atoms with E-state index in [-0.39, 0.29) is 13.2 Å². The number of aromatic nitrogens is 1. The van der Waals surface area contributed by atoms with Crippen LogP contribution in [0.5, 0.6) is 0 Å². The molecular formula is C13H18F3N3O3. The van der Waals surface area contributed by atoms with Gasteiger partial charge >= 0.3 is 12.2 Å². The lowest BCUT2D eigenvalue weighted by Gasteiger charge is -2.22. The number of carbonyl (C=O) groups excluding carboxylic acids is 1.